The van der Waals surface area contributed by atoms with Gasteiger partial charge in [-0.05, 0) is 39.0 Å². The van der Waals surface area contributed by atoms with Gasteiger partial charge in [-0.2, -0.15) is 0 Å². The van der Waals surface area contributed by atoms with E-state index in [2.05, 4.69) is 34.5 Å². The largest absolute Gasteiger partial charge is 0.497 e. The maximum atomic E-state index is 5.47. The first-order valence-corrected chi connectivity index (χ1v) is 9.42. The lowest BCUT2D eigenvalue weighted by molar-refractivity contribution is 0.394. The molecule has 8 heteroatoms. The second-order valence-corrected chi connectivity index (χ2v) is 7.25. The summed E-state index contributed by atoms with van der Waals surface area (Å²) in [6, 6.07) is 5.80. The summed E-state index contributed by atoms with van der Waals surface area (Å²) in [6.07, 6.45) is 0.925. The summed E-state index contributed by atoms with van der Waals surface area (Å²) in [4.78, 5) is 10.1. The first kappa shape index (κ1) is 23.5. The Kier molecular flexibility index (Phi) is 9.86. The highest BCUT2D eigenvalue weighted by atomic mass is 127. The third kappa shape index (κ3) is 6.53. The summed E-state index contributed by atoms with van der Waals surface area (Å²) >= 11 is 1.75. The van der Waals surface area contributed by atoms with Gasteiger partial charge in [0, 0.05) is 30.5 Å². The number of benzene rings is 1. The highest BCUT2D eigenvalue weighted by Gasteiger charge is 2.14. The summed E-state index contributed by atoms with van der Waals surface area (Å²) in [5.74, 6) is 2.37. The monoisotopic (exact) mass is 504 g/mol. The van der Waals surface area contributed by atoms with E-state index in [1.165, 1.54) is 4.88 Å². The van der Waals surface area contributed by atoms with Crippen molar-refractivity contribution in [2.24, 2.45) is 4.99 Å². The molecule has 0 aliphatic rings. The molecule has 2 rings (SSSR count). The second-order valence-electron chi connectivity index (χ2n) is 5.96. The van der Waals surface area contributed by atoms with E-state index in [4.69, 9.17) is 9.47 Å². The number of methoxy groups -OCH3 is 2. The van der Waals surface area contributed by atoms with Gasteiger partial charge in [-0.25, -0.2) is 4.98 Å². The zero-order chi connectivity index (χ0) is 19.1. The predicted molar refractivity (Wildman–Crippen MR) is 123 cm³/mol. The van der Waals surface area contributed by atoms with Crippen molar-refractivity contribution < 1.29 is 9.47 Å². The van der Waals surface area contributed by atoms with Gasteiger partial charge in [0.05, 0.1) is 31.0 Å². The van der Waals surface area contributed by atoms with Crippen LogP contribution in [0.15, 0.2) is 23.2 Å². The molecule has 1 atom stereocenters. The quantitative estimate of drug-likeness (QED) is 0.341. The van der Waals surface area contributed by atoms with Crippen molar-refractivity contribution in [2.75, 3.05) is 27.8 Å². The molecule has 150 valence electrons. The van der Waals surface area contributed by atoms with Crippen LogP contribution in [0, 0.1) is 13.8 Å². The first-order valence-electron chi connectivity index (χ1n) is 8.60. The predicted octanol–water partition coefficient (Wildman–Crippen LogP) is 3.86. The Morgan fingerprint density at radius 3 is 2.56 bits per heavy atom. The molecule has 0 saturated carbocycles. The van der Waals surface area contributed by atoms with Crippen LogP contribution in [0.3, 0.4) is 0 Å². The number of aliphatic imine (C=N–C) groups is 1. The highest BCUT2D eigenvalue weighted by Crippen LogP contribution is 2.29. The fourth-order valence-corrected chi connectivity index (χ4v) is 3.69. The molecule has 0 spiro atoms. The molecular weight excluding hydrogens is 475 g/mol. The molecule has 0 saturated heterocycles. The van der Waals surface area contributed by atoms with Crippen molar-refractivity contribution >= 4 is 41.3 Å². The number of ether oxygens (including phenoxy) is 2. The maximum absolute atomic E-state index is 5.47. The summed E-state index contributed by atoms with van der Waals surface area (Å²) in [6.45, 7) is 6.96. The number of thiazole rings is 1. The van der Waals surface area contributed by atoms with Gasteiger partial charge in [-0.15, -0.1) is 35.3 Å². The zero-order valence-corrected chi connectivity index (χ0v) is 19.9. The molecule has 0 radical (unpaired) electrons. The number of hydrogen-bond donors (Lipinski definition) is 2. The Balaban J connectivity index is 0.00000364. The molecule has 0 amide bonds. The average molecular weight is 504 g/mol. The van der Waals surface area contributed by atoms with Crippen molar-refractivity contribution in [3.05, 3.63) is 39.3 Å². The number of aromatic nitrogens is 1. The van der Waals surface area contributed by atoms with Crippen LogP contribution in [0.1, 0.15) is 34.1 Å². The van der Waals surface area contributed by atoms with Gasteiger partial charge in [-0.1, -0.05) is 0 Å². The SMILES string of the molecule is CN=C(NCCc1sc(C)nc1C)NC(C)c1cc(OC)ccc1OC.I. The maximum Gasteiger partial charge on any atom is 0.191 e. The van der Waals surface area contributed by atoms with Gasteiger partial charge in [0.2, 0.25) is 0 Å². The van der Waals surface area contributed by atoms with E-state index in [-0.39, 0.29) is 30.0 Å². The summed E-state index contributed by atoms with van der Waals surface area (Å²) in [7, 11) is 5.10. The molecule has 0 aliphatic heterocycles. The van der Waals surface area contributed by atoms with Gasteiger partial charge >= 0.3 is 0 Å². The molecule has 27 heavy (non-hydrogen) atoms. The second kappa shape index (κ2) is 11.3. The molecule has 6 nitrogen and oxygen atoms in total. The van der Waals surface area contributed by atoms with E-state index < -0.39 is 0 Å². The van der Waals surface area contributed by atoms with Crippen LogP contribution in [-0.2, 0) is 6.42 Å². The Morgan fingerprint density at radius 2 is 2.00 bits per heavy atom. The Morgan fingerprint density at radius 1 is 1.26 bits per heavy atom. The molecule has 0 bridgehead atoms. The van der Waals surface area contributed by atoms with E-state index in [1.54, 1.807) is 32.6 Å². The summed E-state index contributed by atoms with van der Waals surface area (Å²) < 4.78 is 10.8. The van der Waals surface area contributed by atoms with Crippen LogP contribution in [0.25, 0.3) is 0 Å². The lowest BCUT2D eigenvalue weighted by Gasteiger charge is -2.20. The van der Waals surface area contributed by atoms with Gasteiger partial charge in [0.25, 0.3) is 0 Å². The van der Waals surface area contributed by atoms with E-state index in [0.29, 0.717) is 0 Å². The molecule has 0 aliphatic carbocycles. The zero-order valence-electron chi connectivity index (χ0n) is 16.8. The Bertz CT molecular complexity index is 764. The smallest absolute Gasteiger partial charge is 0.191 e. The minimum atomic E-state index is 0. The molecule has 1 unspecified atom stereocenters. The van der Waals surface area contributed by atoms with Gasteiger partial charge in [-0.3, -0.25) is 4.99 Å². The van der Waals surface area contributed by atoms with E-state index in [1.807, 2.05) is 25.1 Å². The summed E-state index contributed by atoms with van der Waals surface area (Å²) in [5, 5.41) is 7.88. The summed E-state index contributed by atoms with van der Waals surface area (Å²) in [5.41, 5.74) is 2.13. The minimum Gasteiger partial charge on any atom is -0.497 e. The van der Waals surface area contributed by atoms with Crippen molar-refractivity contribution in [2.45, 2.75) is 33.2 Å². The van der Waals surface area contributed by atoms with Crippen LogP contribution >= 0.6 is 35.3 Å². The Labute approximate surface area is 182 Å². The molecule has 1 heterocycles. The fourth-order valence-electron chi connectivity index (χ4n) is 2.76. The third-order valence-electron chi connectivity index (χ3n) is 4.12. The van der Waals surface area contributed by atoms with E-state index in [9.17, 15) is 0 Å². The molecule has 1 aromatic carbocycles. The van der Waals surface area contributed by atoms with Crippen molar-refractivity contribution in [1.82, 2.24) is 15.6 Å². The van der Waals surface area contributed by atoms with Gasteiger partial charge < -0.3 is 20.1 Å². The van der Waals surface area contributed by atoms with Crippen LogP contribution in [0.2, 0.25) is 0 Å². The number of hydrogen-bond acceptors (Lipinski definition) is 5. The fraction of sp³-hybridized carbons (Fsp3) is 0.474. The lowest BCUT2D eigenvalue weighted by atomic mass is 10.1. The van der Waals surface area contributed by atoms with E-state index in [0.717, 1.165) is 46.7 Å². The van der Waals surface area contributed by atoms with E-state index >= 15 is 0 Å². The van der Waals surface area contributed by atoms with Crippen molar-refractivity contribution in [1.29, 1.82) is 0 Å². The standard InChI is InChI=1S/C19H28N4O2S.HI/c1-12(16-11-15(24-5)7-8-17(16)25-6)23-19(20-4)21-10-9-18-13(2)22-14(3)26-18;/h7-8,11-12H,9-10H2,1-6H3,(H2,20,21,23);1H. The number of rotatable bonds is 7. The molecule has 2 aromatic rings. The highest BCUT2D eigenvalue weighted by molar-refractivity contribution is 14.0. The molecule has 2 N–H and O–H groups in total. The number of aryl methyl sites for hydroxylation is 2. The number of halogens is 1. The number of nitrogens with zero attached hydrogens (tertiary/aromatic N) is 2. The van der Waals surface area contributed by atoms with Crippen molar-refractivity contribution in [3.8, 4) is 11.5 Å². The van der Waals surface area contributed by atoms with Gasteiger partial charge in [0.15, 0.2) is 5.96 Å². The molecular formula is C19H29IN4O2S. The van der Waals surface area contributed by atoms with Crippen LogP contribution in [-0.4, -0.2) is 38.8 Å². The molecule has 1 aromatic heterocycles. The van der Waals surface area contributed by atoms with Crippen molar-refractivity contribution in [3.63, 3.8) is 0 Å². The number of guanidine groups is 1. The average Bonchev–Trinajstić information content (AvgIpc) is 2.97. The lowest BCUT2D eigenvalue weighted by Crippen LogP contribution is -2.39. The normalized spacial score (nSPS) is 12.1. The van der Waals surface area contributed by atoms with Gasteiger partial charge in [0.1, 0.15) is 11.5 Å². The number of nitrogens with one attached hydrogen (secondary N) is 2. The molecule has 0 fully saturated rings. The minimum absolute atomic E-state index is 0. The first-order chi connectivity index (χ1) is 12.5. The van der Waals surface area contributed by atoms with Crippen LogP contribution in [0.4, 0.5) is 0 Å². The Hall–Kier alpha value is -1.55. The van der Waals surface area contributed by atoms with Crippen LogP contribution < -0.4 is 20.1 Å². The van der Waals surface area contributed by atoms with Crippen LogP contribution in [0.5, 0.6) is 11.5 Å². The third-order valence-corrected chi connectivity index (χ3v) is 5.26. The topological polar surface area (TPSA) is 67.8 Å².